The van der Waals surface area contributed by atoms with Gasteiger partial charge in [0.15, 0.2) is 11.6 Å². The van der Waals surface area contributed by atoms with Gasteiger partial charge in [0, 0.05) is 10.9 Å². The Bertz CT molecular complexity index is 1420. The third-order valence-electron chi connectivity index (χ3n) is 4.77. The van der Waals surface area contributed by atoms with E-state index in [1.807, 2.05) is 0 Å². The second-order valence-electron chi connectivity index (χ2n) is 7.04. The molecule has 0 aliphatic carbocycles. The zero-order chi connectivity index (χ0) is 24.7. The van der Waals surface area contributed by atoms with Crippen molar-refractivity contribution in [1.82, 2.24) is 14.8 Å². The van der Waals surface area contributed by atoms with Gasteiger partial charge in [0.2, 0.25) is 0 Å². The average molecular weight is 475 g/mol. The van der Waals surface area contributed by atoms with E-state index in [1.165, 1.54) is 6.07 Å². The summed E-state index contributed by atoms with van der Waals surface area (Å²) in [7, 11) is 0. The van der Waals surface area contributed by atoms with Gasteiger partial charge in [0.1, 0.15) is 11.6 Å². The van der Waals surface area contributed by atoms with Gasteiger partial charge in [-0.2, -0.15) is 41.4 Å². The van der Waals surface area contributed by atoms with E-state index in [1.54, 1.807) is 36.4 Å². The van der Waals surface area contributed by atoms with Crippen LogP contribution in [0.1, 0.15) is 27.0 Å². The van der Waals surface area contributed by atoms with Crippen molar-refractivity contribution in [3.8, 4) is 11.9 Å². The Hall–Kier alpha value is -4.40. The summed E-state index contributed by atoms with van der Waals surface area (Å²) in [6, 6.07) is 12.5. The Morgan fingerprint density at radius 3 is 2.21 bits per heavy atom. The lowest BCUT2D eigenvalue weighted by Gasteiger charge is -2.14. The zero-order valence-electron chi connectivity index (χ0n) is 16.7. The number of carbonyl (C=O) groups is 1. The first-order chi connectivity index (χ1) is 16.0. The highest BCUT2D eigenvalue weighted by molar-refractivity contribution is 6.04. The molecule has 1 amide bonds. The summed E-state index contributed by atoms with van der Waals surface area (Å²) in [5.41, 5.74) is -3.80. The number of aromatic nitrogens is 3. The number of para-hydroxylation sites is 1. The molecule has 2 aromatic heterocycles. The van der Waals surface area contributed by atoms with Crippen LogP contribution < -0.4 is 5.32 Å². The molecule has 0 aliphatic rings. The van der Waals surface area contributed by atoms with Gasteiger partial charge in [0.05, 0.1) is 22.8 Å². The van der Waals surface area contributed by atoms with E-state index < -0.39 is 35.0 Å². The number of hydrogen-bond acceptors (Lipinski definition) is 4. The molecule has 0 saturated carbocycles. The number of pyridine rings is 1. The maximum absolute atomic E-state index is 13.1. The van der Waals surface area contributed by atoms with E-state index in [0.29, 0.717) is 17.6 Å². The van der Waals surface area contributed by atoms with Crippen LogP contribution in [0.5, 0.6) is 0 Å². The molecule has 0 saturated heterocycles. The molecule has 2 aromatic carbocycles. The molecule has 4 aromatic rings. The standard InChI is InChI=1S/C22H11F6N5O/c23-21(24,25)15-7-13(8-16(9-15)22(26,27)28)20(34)32-19-14(10-29)11-30-33(19)18-6-5-12-3-1-2-4-17(12)31-18/h1-9,11H,(H,32,34). The van der Waals surface area contributed by atoms with Gasteiger partial charge in [-0.15, -0.1) is 0 Å². The van der Waals surface area contributed by atoms with E-state index in [2.05, 4.69) is 15.4 Å². The lowest BCUT2D eigenvalue weighted by Crippen LogP contribution is -2.19. The molecule has 2 heterocycles. The maximum Gasteiger partial charge on any atom is 0.416 e. The third kappa shape index (κ3) is 4.40. The number of carbonyl (C=O) groups excluding carboxylic acids is 1. The van der Waals surface area contributed by atoms with Gasteiger partial charge in [-0.25, -0.2) is 4.98 Å². The lowest BCUT2D eigenvalue weighted by atomic mass is 10.0. The number of amides is 1. The smallest absolute Gasteiger partial charge is 0.305 e. The molecule has 12 heteroatoms. The number of benzene rings is 2. The summed E-state index contributed by atoms with van der Waals surface area (Å²) in [5, 5.41) is 16.3. The number of halogens is 6. The minimum absolute atomic E-state index is 0.0826. The highest BCUT2D eigenvalue weighted by Crippen LogP contribution is 2.36. The fourth-order valence-corrected chi connectivity index (χ4v) is 3.16. The minimum atomic E-state index is -5.12. The van der Waals surface area contributed by atoms with Crippen LogP contribution in [0.4, 0.5) is 32.2 Å². The fourth-order valence-electron chi connectivity index (χ4n) is 3.16. The van der Waals surface area contributed by atoms with Gasteiger partial charge in [0.25, 0.3) is 5.91 Å². The monoisotopic (exact) mass is 475 g/mol. The van der Waals surface area contributed by atoms with Crippen LogP contribution in [0.2, 0.25) is 0 Å². The predicted molar refractivity (Wildman–Crippen MR) is 108 cm³/mol. The Morgan fingerprint density at radius 1 is 0.941 bits per heavy atom. The topological polar surface area (TPSA) is 83.6 Å². The van der Waals surface area contributed by atoms with Gasteiger partial charge in [-0.05, 0) is 36.4 Å². The third-order valence-corrected chi connectivity index (χ3v) is 4.77. The van der Waals surface area contributed by atoms with Crippen LogP contribution in [-0.4, -0.2) is 20.7 Å². The number of nitrogens with zero attached hydrogens (tertiary/aromatic N) is 4. The summed E-state index contributed by atoms with van der Waals surface area (Å²) in [6.07, 6.45) is -9.16. The Labute approximate surface area is 187 Å². The quantitative estimate of drug-likeness (QED) is 0.392. The summed E-state index contributed by atoms with van der Waals surface area (Å²) in [4.78, 5) is 17.1. The molecule has 0 fully saturated rings. The Balaban J connectivity index is 1.77. The van der Waals surface area contributed by atoms with Crippen LogP contribution in [0, 0.1) is 11.3 Å². The van der Waals surface area contributed by atoms with Crippen molar-refractivity contribution in [3.05, 3.63) is 83.0 Å². The van der Waals surface area contributed by atoms with Crippen molar-refractivity contribution >= 4 is 22.6 Å². The summed E-state index contributed by atoms with van der Waals surface area (Å²) in [5.74, 6) is -1.40. The number of rotatable bonds is 3. The molecule has 172 valence electrons. The van der Waals surface area contributed by atoms with Gasteiger partial charge in [-0.3, -0.25) is 4.79 Å². The number of anilines is 1. The molecular weight excluding hydrogens is 464 g/mol. The molecule has 0 bridgehead atoms. The molecule has 4 rings (SSSR count). The van der Waals surface area contributed by atoms with E-state index in [4.69, 9.17) is 0 Å². The van der Waals surface area contributed by atoms with Crippen molar-refractivity contribution in [2.75, 3.05) is 5.32 Å². The van der Waals surface area contributed by atoms with Crippen LogP contribution in [0.3, 0.4) is 0 Å². The molecule has 0 unspecified atom stereocenters. The average Bonchev–Trinajstić information content (AvgIpc) is 3.19. The molecule has 6 nitrogen and oxygen atoms in total. The molecule has 0 spiro atoms. The van der Waals surface area contributed by atoms with Crippen LogP contribution >= 0.6 is 0 Å². The molecular formula is C22H11F6N5O. The Morgan fingerprint density at radius 2 is 1.59 bits per heavy atom. The summed E-state index contributed by atoms with van der Waals surface area (Å²) in [6.45, 7) is 0. The molecule has 0 radical (unpaired) electrons. The largest absolute Gasteiger partial charge is 0.416 e. The minimum Gasteiger partial charge on any atom is -0.305 e. The first-order valence-corrected chi connectivity index (χ1v) is 9.42. The normalized spacial score (nSPS) is 11.9. The molecule has 34 heavy (non-hydrogen) atoms. The van der Waals surface area contributed by atoms with Crippen molar-refractivity contribution < 1.29 is 31.1 Å². The van der Waals surface area contributed by atoms with E-state index in [0.717, 1.165) is 16.3 Å². The van der Waals surface area contributed by atoms with Gasteiger partial charge in [-0.1, -0.05) is 18.2 Å². The zero-order valence-corrected chi connectivity index (χ0v) is 16.7. The van der Waals surface area contributed by atoms with Gasteiger partial charge >= 0.3 is 12.4 Å². The second kappa shape index (κ2) is 8.18. The van der Waals surface area contributed by atoms with Crippen LogP contribution in [0.15, 0.2) is 60.8 Å². The summed E-state index contributed by atoms with van der Waals surface area (Å²) < 4.78 is 79.9. The Kier molecular flexibility index (Phi) is 5.48. The van der Waals surface area contributed by atoms with E-state index >= 15 is 0 Å². The maximum atomic E-state index is 13.1. The highest BCUT2D eigenvalue weighted by Gasteiger charge is 2.37. The van der Waals surface area contributed by atoms with Gasteiger partial charge < -0.3 is 5.32 Å². The fraction of sp³-hybridized carbons (Fsp3) is 0.0909. The number of nitriles is 1. The van der Waals surface area contributed by atoms with E-state index in [9.17, 15) is 36.4 Å². The second-order valence-corrected chi connectivity index (χ2v) is 7.04. The number of fused-ring (bicyclic) bond motifs is 1. The van der Waals surface area contributed by atoms with E-state index in [-0.39, 0.29) is 23.3 Å². The first kappa shape index (κ1) is 22.8. The van der Waals surface area contributed by atoms with Crippen LogP contribution in [0.25, 0.3) is 16.7 Å². The van der Waals surface area contributed by atoms with Crippen molar-refractivity contribution in [2.24, 2.45) is 0 Å². The van der Waals surface area contributed by atoms with Crippen molar-refractivity contribution in [2.45, 2.75) is 12.4 Å². The number of alkyl halides is 6. The first-order valence-electron chi connectivity index (χ1n) is 9.42. The number of nitrogens with one attached hydrogen (secondary N) is 1. The lowest BCUT2D eigenvalue weighted by molar-refractivity contribution is -0.143. The van der Waals surface area contributed by atoms with Crippen LogP contribution in [-0.2, 0) is 12.4 Å². The SMILES string of the molecule is N#Cc1cnn(-c2ccc3ccccc3n2)c1NC(=O)c1cc(C(F)(F)F)cc(C(F)(F)F)c1. The molecule has 1 N–H and O–H groups in total. The van der Waals surface area contributed by atoms with Crippen molar-refractivity contribution in [3.63, 3.8) is 0 Å². The highest BCUT2D eigenvalue weighted by atomic mass is 19.4. The number of hydrogen-bond donors (Lipinski definition) is 1. The molecule has 0 atom stereocenters. The van der Waals surface area contributed by atoms with Crippen molar-refractivity contribution in [1.29, 1.82) is 5.26 Å². The molecule has 0 aliphatic heterocycles. The summed E-state index contributed by atoms with van der Waals surface area (Å²) >= 11 is 0. The predicted octanol–water partition coefficient (Wildman–Crippen LogP) is 5.58.